The number of nitrogens with zero attached hydrogens (tertiary/aromatic N) is 1. The van der Waals surface area contributed by atoms with E-state index in [1.165, 1.54) is 28.6 Å². The van der Waals surface area contributed by atoms with Gasteiger partial charge in [-0.1, -0.05) is 24.3 Å². The molecule has 0 radical (unpaired) electrons. The Morgan fingerprint density at radius 2 is 1.90 bits per heavy atom. The van der Waals surface area contributed by atoms with Crippen molar-refractivity contribution < 1.29 is 23.8 Å². The molecule has 0 saturated carbocycles. The fourth-order valence-electron chi connectivity index (χ4n) is 3.63. The van der Waals surface area contributed by atoms with Gasteiger partial charge in [0.15, 0.2) is 23.1 Å². The standard InChI is InChI=1S/C21H15F2NO4S/c22-15-6-5-11-13(9-24-8-7-16(25)20(26)19(24)21(27)28)12-3-1-2-4-17(12)29-10-14(11)18(15)23/h1-8,13,26H,9-10H2,(H,27,28). The van der Waals surface area contributed by atoms with Gasteiger partial charge in [-0.15, -0.1) is 11.8 Å². The van der Waals surface area contributed by atoms with Crippen LogP contribution < -0.4 is 5.43 Å². The zero-order chi connectivity index (χ0) is 20.7. The maximum absolute atomic E-state index is 14.6. The second-order valence-electron chi connectivity index (χ2n) is 6.64. The second kappa shape index (κ2) is 7.36. The maximum atomic E-state index is 14.6. The predicted octanol–water partition coefficient (Wildman–Crippen LogP) is 3.97. The molecule has 2 aromatic carbocycles. The molecule has 3 aromatic rings. The fraction of sp³-hybridized carbons (Fsp3) is 0.143. The summed E-state index contributed by atoms with van der Waals surface area (Å²) < 4.78 is 29.7. The van der Waals surface area contributed by atoms with Gasteiger partial charge in [0.1, 0.15) is 0 Å². The van der Waals surface area contributed by atoms with E-state index in [2.05, 4.69) is 0 Å². The van der Waals surface area contributed by atoms with E-state index in [9.17, 15) is 28.6 Å². The van der Waals surface area contributed by atoms with Crippen LogP contribution in [0.2, 0.25) is 0 Å². The minimum atomic E-state index is -1.46. The summed E-state index contributed by atoms with van der Waals surface area (Å²) in [4.78, 5) is 24.2. The number of aromatic hydroxyl groups is 1. The van der Waals surface area contributed by atoms with Crippen molar-refractivity contribution in [1.82, 2.24) is 4.57 Å². The molecule has 2 heterocycles. The van der Waals surface area contributed by atoms with Gasteiger partial charge in [-0.25, -0.2) is 13.6 Å². The van der Waals surface area contributed by atoms with E-state index >= 15 is 0 Å². The van der Waals surface area contributed by atoms with Gasteiger partial charge in [0.05, 0.1) is 0 Å². The van der Waals surface area contributed by atoms with E-state index < -0.39 is 40.4 Å². The highest BCUT2D eigenvalue weighted by molar-refractivity contribution is 7.98. The van der Waals surface area contributed by atoms with Crippen molar-refractivity contribution in [3.8, 4) is 5.75 Å². The van der Waals surface area contributed by atoms with Crippen molar-refractivity contribution in [1.29, 1.82) is 0 Å². The summed E-state index contributed by atoms with van der Waals surface area (Å²) in [5.41, 5.74) is 0.242. The maximum Gasteiger partial charge on any atom is 0.356 e. The fourth-order valence-corrected chi connectivity index (χ4v) is 4.78. The molecule has 29 heavy (non-hydrogen) atoms. The zero-order valence-corrected chi connectivity index (χ0v) is 15.7. The molecule has 1 unspecified atom stereocenters. The molecule has 8 heteroatoms. The lowest BCUT2D eigenvalue weighted by Crippen LogP contribution is -2.21. The predicted molar refractivity (Wildman–Crippen MR) is 104 cm³/mol. The molecule has 1 aliphatic rings. The highest BCUT2D eigenvalue weighted by atomic mass is 32.2. The summed E-state index contributed by atoms with van der Waals surface area (Å²) >= 11 is 1.37. The Hall–Kier alpha value is -3.13. The first-order valence-corrected chi connectivity index (χ1v) is 9.71. The Bertz CT molecular complexity index is 1190. The summed E-state index contributed by atoms with van der Waals surface area (Å²) in [6.07, 6.45) is 1.28. The smallest absolute Gasteiger partial charge is 0.356 e. The molecule has 0 aliphatic carbocycles. The number of pyridine rings is 1. The molecule has 0 bridgehead atoms. The van der Waals surface area contributed by atoms with Gasteiger partial charge in [-0.2, -0.15) is 0 Å². The van der Waals surface area contributed by atoms with Gasteiger partial charge in [0.2, 0.25) is 5.43 Å². The Labute approximate surface area is 168 Å². The molecule has 1 atom stereocenters. The normalized spacial score (nSPS) is 15.3. The number of benzene rings is 2. The second-order valence-corrected chi connectivity index (χ2v) is 7.66. The molecule has 2 N–H and O–H groups in total. The van der Waals surface area contributed by atoms with Gasteiger partial charge in [-0.3, -0.25) is 4.79 Å². The molecular formula is C21H15F2NO4S. The van der Waals surface area contributed by atoms with Gasteiger partial charge in [0, 0.05) is 40.9 Å². The van der Waals surface area contributed by atoms with Crippen LogP contribution in [0.15, 0.2) is 58.4 Å². The minimum absolute atomic E-state index is 0.0190. The van der Waals surface area contributed by atoms with E-state index in [4.69, 9.17) is 0 Å². The van der Waals surface area contributed by atoms with Crippen LogP contribution in [0, 0.1) is 11.6 Å². The first-order chi connectivity index (χ1) is 13.9. The molecule has 0 spiro atoms. The zero-order valence-electron chi connectivity index (χ0n) is 14.9. The van der Waals surface area contributed by atoms with E-state index in [-0.39, 0.29) is 17.9 Å². The van der Waals surface area contributed by atoms with Crippen molar-refractivity contribution in [2.24, 2.45) is 0 Å². The monoisotopic (exact) mass is 415 g/mol. The van der Waals surface area contributed by atoms with Crippen LogP contribution in [-0.4, -0.2) is 20.7 Å². The molecule has 0 fully saturated rings. The minimum Gasteiger partial charge on any atom is -0.502 e. The van der Waals surface area contributed by atoms with Crippen molar-refractivity contribution in [2.45, 2.75) is 23.1 Å². The number of aromatic carboxylic acids is 1. The van der Waals surface area contributed by atoms with Crippen LogP contribution >= 0.6 is 11.8 Å². The Morgan fingerprint density at radius 3 is 2.66 bits per heavy atom. The summed E-state index contributed by atoms with van der Waals surface area (Å²) in [7, 11) is 0. The summed E-state index contributed by atoms with van der Waals surface area (Å²) in [6, 6.07) is 11.0. The van der Waals surface area contributed by atoms with Crippen LogP contribution in [0.4, 0.5) is 8.78 Å². The third-order valence-electron chi connectivity index (χ3n) is 5.01. The van der Waals surface area contributed by atoms with Crippen LogP contribution in [0.1, 0.15) is 33.1 Å². The first-order valence-electron chi connectivity index (χ1n) is 8.72. The van der Waals surface area contributed by atoms with Gasteiger partial charge in [-0.05, 0) is 23.3 Å². The van der Waals surface area contributed by atoms with Crippen molar-refractivity contribution in [3.05, 3.63) is 92.9 Å². The largest absolute Gasteiger partial charge is 0.502 e. The number of rotatable bonds is 3. The van der Waals surface area contributed by atoms with Crippen molar-refractivity contribution in [3.63, 3.8) is 0 Å². The summed E-state index contributed by atoms with van der Waals surface area (Å²) in [5.74, 6) is -4.46. The highest BCUT2D eigenvalue weighted by Gasteiger charge is 2.29. The molecule has 1 aromatic heterocycles. The third kappa shape index (κ3) is 3.29. The molecule has 0 saturated heterocycles. The molecule has 1 aliphatic heterocycles. The molecule has 4 rings (SSSR count). The number of carbonyl (C=O) groups is 1. The Balaban J connectivity index is 1.93. The average molecular weight is 415 g/mol. The van der Waals surface area contributed by atoms with Gasteiger partial charge < -0.3 is 14.8 Å². The molecule has 148 valence electrons. The Kier molecular flexibility index (Phi) is 4.87. The highest BCUT2D eigenvalue weighted by Crippen LogP contribution is 2.42. The summed E-state index contributed by atoms with van der Waals surface area (Å²) in [6.45, 7) is 0.0190. The third-order valence-corrected chi connectivity index (χ3v) is 6.12. The number of hydrogen-bond acceptors (Lipinski definition) is 4. The number of thioether (sulfide) groups is 1. The van der Waals surface area contributed by atoms with Crippen LogP contribution in [0.5, 0.6) is 5.75 Å². The van der Waals surface area contributed by atoms with Crippen molar-refractivity contribution in [2.75, 3.05) is 0 Å². The lowest BCUT2D eigenvalue weighted by atomic mass is 9.88. The van der Waals surface area contributed by atoms with Crippen LogP contribution in [0.3, 0.4) is 0 Å². The van der Waals surface area contributed by atoms with Crippen LogP contribution in [-0.2, 0) is 12.3 Å². The summed E-state index contributed by atoms with van der Waals surface area (Å²) in [5, 5.41) is 19.5. The molecule has 5 nitrogen and oxygen atoms in total. The van der Waals surface area contributed by atoms with E-state index in [0.717, 1.165) is 22.6 Å². The van der Waals surface area contributed by atoms with Crippen LogP contribution in [0.25, 0.3) is 0 Å². The molecule has 0 amide bonds. The number of fused-ring (bicyclic) bond motifs is 2. The average Bonchev–Trinajstić information content (AvgIpc) is 2.85. The lowest BCUT2D eigenvalue weighted by molar-refractivity contribution is 0.0679. The SMILES string of the molecule is O=C(O)c1c(O)c(=O)ccn1CC1c2ccccc2SCc2c1ccc(F)c2F. The molecular weight excluding hydrogens is 400 g/mol. The van der Waals surface area contributed by atoms with Crippen molar-refractivity contribution >= 4 is 17.7 Å². The number of carboxylic acids is 1. The topological polar surface area (TPSA) is 79.5 Å². The number of carboxylic acid groups (broad SMARTS) is 1. The van der Waals surface area contributed by atoms with E-state index in [1.54, 1.807) is 0 Å². The van der Waals surface area contributed by atoms with E-state index in [0.29, 0.717) is 5.56 Å². The lowest BCUT2D eigenvalue weighted by Gasteiger charge is -2.23. The first kappa shape index (κ1) is 19.2. The van der Waals surface area contributed by atoms with Gasteiger partial charge in [0.25, 0.3) is 0 Å². The number of hydrogen-bond donors (Lipinski definition) is 2. The number of halogens is 2. The van der Waals surface area contributed by atoms with E-state index in [1.807, 2.05) is 24.3 Å². The van der Waals surface area contributed by atoms with Gasteiger partial charge >= 0.3 is 5.97 Å². The number of aromatic nitrogens is 1. The quantitative estimate of drug-likeness (QED) is 0.677. The Morgan fingerprint density at radius 1 is 1.14 bits per heavy atom.